The zero-order valence-corrected chi connectivity index (χ0v) is 17.1. The molecule has 4 aromatic rings. The molecule has 0 fully saturated rings. The molecule has 0 radical (unpaired) electrons. The van der Waals surface area contributed by atoms with E-state index >= 15 is 0 Å². The second kappa shape index (κ2) is 7.93. The van der Waals surface area contributed by atoms with Crippen molar-refractivity contribution in [2.75, 3.05) is 7.11 Å². The van der Waals surface area contributed by atoms with Crippen LogP contribution < -0.4 is 4.74 Å². The molecular weight excluding hydrogens is 402 g/mol. The van der Waals surface area contributed by atoms with Crippen LogP contribution in [0.1, 0.15) is 28.9 Å². The Hall–Kier alpha value is -3.16. The Balaban J connectivity index is 1.44. The molecule has 0 bridgehead atoms. The standard InChI is InChI=1S/C22H20ClN5O2/c1-29-17-8-4-15(5-9-17)21-26-22(30-27-21)20-10-18-19(25-13-24-18)12-28(20)11-14-2-6-16(23)7-3-14/h2-9,13,20H,10-12H2,1H3,(H,24,25). The van der Waals surface area contributed by atoms with E-state index in [-0.39, 0.29) is 6.04 Å². The van der Waals surface area contributed by atoms with Gasteiger partial charge in [-0.2, -0.15) is 4.98 Å². The third-order valence-electron chi connectivity index (χ3n) is 5.37. The van der Waals surface area contributed by atoms with E-state index in [1.807, 2.05) is 48.5 Å². The van der Waals surface area contributed by atoms with Crippen molar-refractivity contribution in [1.82, 2.24) is 25.0 Å². The predicted octanol–water partition coefficient (Wildman–Crippen LogP) is 4.42. The molecule has 2 aromatic heterocycles. The lowest BCUT2D eigenvalue weighted by atomic mass is 10.0. The minimum atomic E-state index is -0.0593. The fraction of sp³-hybridized carbons (Fsp3) is 0.227. The van der Waals surface area contributed by atoms with Gasteiger partial charge in [-0.05, 0) is 42.0 Å². The van der Waals surface area contributed by atoms with Crippen molar-refractivity contribution in [3.8, 4) is 17.1 Å². The van der Waals surface area contributed by atoms with Crippen LogP contribution in [0, 0.1) is 0 Å². The number of H-pyrrole nitrogens is 1. The Bertz CT molecular complexity index is 1140. The van der Waals surface area contributed by atoms with Crippen molar-refractivity contribution in [3.63, 3.8) is 0 Å². The van der Waals surface area contributed by atoms with Crippen LogP contribution in [0.2, 0.25) is 5.02 Å². The molecule has 1 aliphatic heterocycles. The summed E-state index contributed by atoms with van der Waals surface area (Å²) in [5.74, 6) is 1.94. The number of hydrogen-bond donors (Lipinski definition) is 1. The summed E-state index contributed by atoms with van der Waals surface area (Å²) in [5.41, 5.74) is 4.21. The highest BCUT2D eigenvalue weighted by Gasteiger charge is 2.33. The molecule has 2 aromatic carbocycles. The Labute approximate surface area is 178 Å². The number of halogens is 1. The van der Waals surface area contributed by atoms with Crippen LogP contribution >= 0.6 is 11.6 Å². The zero-order chi connectivity index (χ0) is 20.5. The topological polar surface area (TPSA) is 80.1 Å². The van der Waals surface area contributed by atoms with Crippen LogP contribution in [-0.4, -0.2) is 32.1 Å². The van der Waals surface area contributed by atoms with Crippen LogP contribution in [0.25, 0.3) is 11.4 Å². The number of ether oxygens (including phenoxy) is 1. The molecule has 0 saturated heterocycles. The van der Waals surface area contributed by atoms with Gasteiger partial charge in [0.1, 0.15) is 5.75 Å². The van der Waals surface area contributed by atoms with Crippen LogP contribution in [0.15, 0.2) is 59.4 Å². The highest BCUT2D eigenvalue weighted by Crippen LogP contribution is 2.33. The van der Waals surface area contributed by atoms with Gasteiger partial charge in [0.25, 0.3) is 0 Å². The molecule has 0 saturated carbocycles. The Morgan fingerprint density at radius 2 is 1.97 bits per heavy atom. The first-order valence-electron chi connectivity index (χ1n) is 9.67. The summed E-state index contributed by atoms with van der Waals surface area (Å²) in [6.45, 7) is 1.46. The van der Waals surface area contributed by atoms with Gasteiger partial charge in [0.05, 0.1) is 30.9 Å². The fourth-order valence-electron chi connectivity index (χ4n) is 3.75. The molecule has 8 heteroatoms. The Morgan fingerprint density at radius 3 is 2.73 bits per heavy atom. The number of nitrogens with one attached hydrogen (secondary N) is 1. The number of aromatic nitrogens is 4. The number of rotatable bonds is 5. The summed E-state index contributed by atoms with van der Waals surface area (Å²) in [4.78, 5) is 14.7. The second-order valence-corrected chi connectivity index (χ2v) is 7.70. The first-order valence-corrected chi connectivity index (χ1v) is 10.0. The SMILES string of the molecule is COc1ccc(-c2noc(C3Cc4nc[nH]c4CN3Cc3ccc(Cl)cc3)n2)cc1. The van der Waals surface area contributed by atoms with Crippen molar-refractivity contribution in [2.24, 2.45) is 0 Å². The monoisotopic (exact) mass is 421 g/mol. The van der Waals surface area contributed by atoms with E-state index in [0.29, 0.717) is 18.1 Å². The third kappa shape index (κ3) is 3.69. The van der Waals surface area contributed by atoms with Crippen molar-refractivity contribution in [3.05, 3.63) is 82.7 Å². The van der Waals surface area contributed by atoms with Crippen molar-refractivity contribution >= 4 is 11.6 Å². The van der Waals surface area contributed by atoms with Gasteiger partial charge in [-0.25, -0.2) is 4.98 Å². The first kappa shape index (κ1) is 18.8. The zero-order valence-electron chi connectivity index (χ0n) is 16.4. The van der Waals surface area contributed by atoms with Crippen LogP contribution in [0.4, 0.5) is 0 Å². The predicted molar refractivity (Wildman–Crippen MR) is 112 cm³/mol. The number of nitrogens with zero attached hydrogens (tertiary/aromatic N) is 4. The summed E-state index contributed by atoms with van der Waals surface area (Å²) < 4.78 is 10.9. The number of imidazole rings is 1. The normalized spacial score (nSPS) is 16.4. The number of benzene rings is 2. The maximum Gasteiger partial charge on any atom is 0.244 e. The Kier molecular flexibility index (Phi) is 4.98. The van der Waals surface area contributed by atoms with E-state index in [2.05, 4.69) is 20.0 Å². The first-order chi connectivity index (χ1) is 14.7. The molecule has 30 heavy (non-hydrogen) atoms. The maximum absolute atomic E-state index is 6.04. The van der Waals surface area contributed by atoms with Gasteiger partial charge < -0.3 is 14.2 Å². The van der Waals surface area contributed by atoms with E-state index in [4.69, 9.17) is 25.8 Å². The highest BCUT2D eigenvalue weighted by atomic mass is 35.5. The number of fused-ring (bicyclic) bond motifs is 1. The molecule has 5 rings (SSSR count). The largest absolute Gasteiger partial charge is 0.497 e. The lowest BCUT2D eigenvalue weighted by molar-refractivity contribution is 0.128. The van der Waals surface area contributed by atoms with Crippen molar-refractivity contribution in [2.45, 2.75) is 25.6 Å². The Morgan fingerprint density at radius 1 is 1.17 bits per heavy atom. The van der Waals surface area contributed by atoms with E-state index in [9.17, 15) is 0 Å². The van der Waals surface area contributed by atoms with E-state index in [1.54, 1.807) is 13.4 Å². The van der Waals surface area contributed by atoms with Crippen molar-refractivity contribution < 1.29 is 9.26 Å². The van der Waals surface area contributed by atoms with Crippen LogP contribution in [0.3, 0.4) is 0 Å². The molecule has 0 spiro atoms. The maximum atomic E-state index is 6.04. The number of hydrogen-bond acceptors (Lipinski definition) is 6. The average Bonchev–Trinajstić information content (AvgIpc) is 3.44. The molecule has 1 atom stereocenters. The van der Waals surface area contributed by atoms with Gasteiger partial charge in [-0.15, -0.1) is 0 Å². The van der Waals surface area contributed by atoms with Crippen LogP contribution in [0.5, 0.6) is 5.75 Å². The van der Waals surface area contributed by atoms with E-state index in [0.717, 1.165) is 40.8 Å². The second-order valence-electron chi connectivity index (χ2n) is 7.26. The van der Waals surface area contributed by atoms with E-state index in [1.165, 1.54) is 5.56 Å². The van der Waals surface area contributed by atoms with Gasteiger partial charge >= 0.3 is 0 Å². The quantitative estimate of drug-likeness (QED) is 0.513. The molecule has 152 valence electrons. The van der Waals surface area contributed by atoms with Gasteiger partial charge in [0.15, 0.2) is 0 Å². The molecule has 3 heterocycles. The third-order valence-corrected chi connectivity index (χ3v) is 5.62. The molecule has 1 aliphatic rings. The summed E-state index contributed by atoms with van der Waals surface area (Å²) in [7, 11) is 1.64. The lowest BCUT2D eigenvalue weighted by Gasteiger charge is -2.32. The summed E-state index contributed by atoms with van der Waals surface area (Å²) in [5, 5.41) is 4.94. The molecule has 1 N–H and O–H groups in total. The molecule has 1 unspecified atom stereocenters. The summed E-state index contributed by atoms with van der Waals surface area (Å²) in [6, 6.07) is 15.5. The van der Waals surface area contributed by atoms with E-state index < -0.39 is 0 Å². The number of aromatic amines is 1. The highest BCUT2D eigenvalue weighted by molar-refractivity contribution is 6.30. The van der Waals surface area contributed by atoms with Gasteiger partial charge in [0.2, 0.25) is 11.7 Å². The molecule has 0 amide bonds. The van der Waals surface area contributed by atoms with Gasteiger partial charge in [-0.1, -0.05) is 28.9 Å². The summed E-state index contributed by atoms with van der Waals surface area (Å²) in [6.07, 6.45) is 2.45. The smallest absolute Gasteiger partial charge is 0.244 e. The number of methoxy groups -OCH3 is 1. The fourth-order valence-corrected chi connectivity index (χ4v) is 3.88. The van der Waals surface area contributed by atoms with Crippen LogP contribution in [-0.2, 0) is 19.5 Å². The van der Waals surface area contributed by atoms with Crippen molar-refractivity contribution in [1.29, 1.82) is 0 Å². The lowest BCUT2D eigenvalue weighted by Crippen LogP contribution is -2.34. The molecule has 0 aliphatic carbocycles. The van der Waals surface area contributed by atoms with Gasteiger partial charge in [0, 0.05) is 30.1 Å². The minimum absolute atomic E-state index is 0.0593. The molecule has 7 nitrogen and oxygen atoms in total. The molecular formula is C22H20ClN5O2. The average molecular weight is 422 g/mol. The minimum Gasteiger partial charge on any atom is -0.497 e. The summed E-state index contributed by atoms with van der Waals surface area (Å²) >= 11 is 6.04. The van der Waals surface area contributed by atoms with Gasteiger partial charge in [-0.3, -0.25) is 4.90 Å².